The van der Waals surface area contributed by atoms with Crippen molar-refractivity contribution in [1.82, 2.24) is 19.9 Å². The largest absolute Gasteiger partial charge is 0.310 e. The molecule has 0 fully saturated rings. The first-order valence-electron chi connectivity index (χ1n) is 8.57. The molecule has 0 saturated carbocycles. The molecule has 7 heteroatoms. The molecule has 4 heterocycles. The molecular weight excluding hydrogens is 358 g/mol. The van der Waals surface area contributed by atoms with Gasteiger partial charge in [0.2, 0.25) is 5.91 Å². The lowest BCUT2D eigenvalue weighted by Crippen LogP contribution is -2.14. The zero-order valence-corrected chi connectivity index (χ0v) is 15.5. The van der Waals surface area contributed by atoms with Crippen molar-refractivity contribution in [3.63, 3.8) is 0 Å². The highest BCUT2D eigenvalue weighted by Crippen LogP contribution is 2.28. The number of anilines is 1. The SMILES string of the molecule is Cc1ccc(CCC(=O)Nc2nc(-c3ccccn3)nc3sccc23)cn1. The summed E-state index contributed by atoms with van der Waals surface area (Å²) in [6.45, 7) is 1.94. The minimum atomic E-state index is -0.0891. The van der Waals surface area contributed by atoms with Crippen molar-refractivity contribution in [1.29, 1.82) is 0 Å². The Morgan fingerprint density at radius 1 is 1.11 bits per heavy atom. The van der Waals surface area contributed by atoms with Gasteiger partial charge in [0.1, 0.15) is 16.3 Å². The number of aryl methyl sites for hydroxylation is 2. The topological polar surface area (TPSA) is 80.7 Å². The van der Waals surface area contributed by atoms with Crippen LogP contribution < -0.4 is 5.32 Å². The predicted molar refractivity (Wildman–Crippen MR) is 107 cm³/mol. The molecule has 4 rings (SSSR count). The summed E-state index contributed by atoms with van der Waals surface area (Å²) in [6.07, 6.45) is 4.50. The van der Waals surface area contributed by atoms with Crippen LogP contribution in [0.2, 0.25) is 0 Å². The van der Waals surface area contributed by atoms with E-state index in [9.17, 15) is 4.79 Å². The second-order valence-corrected chi connectivity index (χ2v) is 7.00. The second-order valence-electron chi connectivity index (χ2n) is 6.11. The average molecular weight is 375 g/mol. The standard InChI is InChI=1S/C20H17N5OS/c1-13-5-6-14(12-22-13)7-8-17(26)23-18-15-9-11-27-20(15)25-19(24-18)16-4-2-3-10-21-16/h2-6,9-12H,7-8H2,1H3,(H,23,24,25,26). The molecule has 1 amide bonds. The number of nitrogens with zero attached hydrogens (tertiary/aromatic N) is 4. The van der Waals surface area contributed by atoms with Gasteiger partial charge in [-0.3, -0.25) is 14.8 Å². The number of amides is 1. The van der Waals surface area contributed by atoms with Gasteiger partial charge in [-0.25, -0.2) is 9.97 Å². The molecule has 0 atom stereocenters. The smallest absolute Gasteiger partial charge is 0.225 e. The van der Waals surface area contributed by atoms with E-state index in [0.717, 1.165) is 21.5 Å². The van der Waals surface area contributed by atoms with Crippen molar-refractivity contribution in [2.24, 2.45) is 0 Å². The van der Waals surface area contributed by atoms with Gasteiger partial charge >= 0.3 is 0 Å². The number of fused-ring (bicyclic) bond motifs is 1. The molecule has 0 spiro atoms. The van der Waals surface area contributed by atoms with E-state index in [-0.39, 0.29) is 5.91 Å². The summed E-state index contributed by atoms with van der Waals surface area (Å²) in [4.78, 5) is 30.9. The molecule has 4 aromatic heterocycles. The number of carbonyl (C=O) groups is 1. The Morgan fingerprint density at radius 2 is 2.04 bits per heavy atom. The van der Waals surface area contributed by atoms with Gasteiger partial charge in [0.15, 0.2) is 5.82 Å². The lowest BCUT2D eigenvalue weighted by molar-refractivity contribution is -0.116. The molecule has 27 heavy (non-hydrogen) atoms. The van der Waals surface area contributed by atoms with E-state index >= 15 is 0 Å². The van der Waals surface area contributed by atoms with Crippen LogP contribution in [0.4, 0.5) is 5.82 Å². The Balaban J connectivity index is 1.54. The first-order chi connectivity index (χ1) is 13.2. The zero-order valence-electron chi connectivity index (χ0n) is 14.7. The van der Waals surface area contributed by atoms with Crippen LogP contribution in [0, 0.1) is 6.92 Å². The van der Waals surface area contributed by atoms with E-state index < -0.39 is 0 Å². The third kappa shape index (κ3) is 3.98. The van der Waals surface area contributed by atoms with Crippen LogP contribution in [-0.2, 0) is 11.2 Å². The highest BCUT2D eigenvalue weighted by atomic mass is 32.1. The fourth-order valence-corrected chi connectivity index (χ4v) is 3.42. The van der Waals surface area contributed by atoms with Gasteiger partial charge in [-0.2, -0.15) is 0 Å². The maximum atomic E-state index is 12.5. The summed E-state index contributed by atoms with van der Waals surface area (Å²) in [5, 5.41) is 5.71. The first kappa shape index (κ1) is 17.2. The van der Waals surface area contributed by atoms with E-state index in [4.69, 9.17) is 0 Å². The van der Waals surface area contributed by atoms with Crippen LogP contribution in [0.1, 0.15) is 17.7 Å². The number of pyridine rings is 2. The average Bonchev–Trinajstić information content (AvgIpc) is 3.17. The molecule has 0 radical (unpaired) electrons. The molecule has 1 N–H and O–H groups in total. The van der Waals surface area contributed by atoms with Gasteiger partial charge in [0.05, 0.1) is 5.39 Å². The van der Waals surface area contributed by atoms with Crippen LogP contribution in [0.5, 0.6) is 0 Å². The van der Waals surface area contributed by atoms with Crippen LogP contribution in [0.3, 0.4) is 0 Å². The summed E-state index contributed by atoms with van der Waals surface area (Å²) in [6, 6.07) is 11.4. The van der Waals surface area contributed by atoms with Crippen molar-refractivity contribution in [3.8, 4) is 11.5 Å². The number of carbonyl (C=O) groups excluding carboxylic acids is 1. The van der Waals surface area contributed by atoms with Crippen LogP contribution in [0.15, 0.2) is 54.2 Å². The van der Waals surface area contributed by atoms with Crippen LogP contribution in [0.25, 0.3) is 21.7 Å². The molecule has 0 aromatic carbocycles. The molecule has 0 aliphatic heterocycles. The van der Waals surface area contributed by atoms with Gasteiger partial charge in [0, 0.05) is 24.5 Å². The summed E-state index contributed by atoms with van der Waals surface area (Å²) < 4.78 is 0. The van der Waals surface area contributed by atoms with E-state index in [0.29, 0.717) is 30.2 Å². The third-order valence-electron chi connectivity index (χ3n) is 4.09. The Kier molecular flexibility index (Phi) is 4.84. The summed E-state index contributed by atoms with van der Waals surface area (Å²) in [5.41, 5.74) is 2.67. The van der Waals surface area contributed by atoms with E-state index in [1.165, 1.54) is 11.3 Å². The van der Waals surface area contributed by atoms with Crippen molar-refractivity contribution < 1.29 is 4.79 Å². The van der Waals surface area contributed by atoms with E-state index in [1.807, 2.05) is 54.9 Å². The maximum Gasteiger partial charge on any atom is 0.225 e. The fraction of sp³-hybridized carbons (Fsp3) is 0.150. The Labute approximate surface area is 160 Å². The fourth-order valence-electron chi connectivity index (χ4n) is 2.66. The summed E-state index contributed by atoms with van der Waals surface area (Å²) >= 11 is 1.51. The lowest BCUT2D eigenvalue weighted by Gasteiger charge is -2.08. The number of thiophene rings is 1. The molecule has 0 saturated heterocycles. The van der Waals surface area contributed by atoms with Crippen molar-refractivity contribution in [3.05, 3.63) is 65.4 Å². The molecule has 0 aliphatic rings. The van der Waals surface area contributed by atoms with Crippen molar-refractivity contribution in [2.75, 3.05) is 5.32 Å². The molecule has 4 aromatic rings. The van der Waals surface area contributed by atoms with Crippen molar-refractivity contribution in [2.45, 2.75) is 19.8 Å². The molecule has 0 bridgehead atoms. The maximum absolute atomic E-state index is 12.5. The van der Waals surface area contributed by atoms with E-state index in [1.54, 1.807) is 6.20 Å². The zero-order chi connectivity index (χ0) is 18.6. The first-order valence-corrected chi connectivity index (χ1v) is 9.45. The van der Waals surface area contributed by atoms with E-state index in [2.05, 4.69) is 25.3 Å². The normalized spacial score (nSPS) is 10.9. The van der Waals surface area contributed by atoms with Gasteiger partial charge in [0.25, 0.3) is 0 Å². The molecular formula is C20H17N5OS. The quantitative estimate of drug-likeness (QED) is 0.570. The summed E-state index contributed by atoms with van der Waals surface area (Å²) in [5.74, 6) is 0.936. The minimum Gasteiger partial charge on any atom is -0.310 e. The Morgan fingerprint density at radius 3 is 2.81 bits per heavy atom. The number of hydrogen-bond donors (Lipinski definition) is 1. The van der Waals surface area contributed by atoms with Crippen LogP contribution >= 0.6 is 11.3 Å². The number of nitrogens with one attached hydrogen (secondary N) is 1. The Bertz CT molecular complexity index is 1080. The lowest BCUT2D eigenvalue weighted by atomic mass is 10.1. The number of hydrogen-bond acceptors (Lipinski definition) is 6. The number of aromatic nitrogens is 4. The summed E-state index contributed by atoms with van der Waals surface area (Å²) in [7, 11) is 0. The third-order valence-corrected chi connectivity index (χ3v) is 4.90. The van der Waals surface area contributed by atoms with Gasteiger partial charge < -0.3 is 5.32 Å². The molecule has 0 aliphatic carbocycles. The molecule has 0 unspecified atom stereocenters. The minimum absolute atomic E-state index is 0.0891. The highest BCUT2D eigenvalue weighted by molar-refractivity contribution is 7.16. The van der Waals surface area contributed by atoms with Gasteiger partial charge in [-0.05, 0) is 48.6 Å². The van der Waals surface area contributed by atoms with Gasteiger partial charge in [-0.15, -0.1) is 11.3 Å². The molecule has 6 nitrogen and oxygen atoms in total. The number of rotatable bonds is 5. The second kappa shape index (κ2) is 7.59. The Hall–Kier alpha value is -3.19. The molecule has 134 valence electrons. The predicted octanol–water partition coefficient (Wildman–Crippen LogP) is 4.03. The van der Waals surface area contributed by atoms with Crippen LogP contribution in [-0.4, -0.2) is 25.8 Å². The van der Waals surface area contributed by atoms with Crippen molar-refractivity contribution >= 4 is 33.3 Å². The highest BCUT2D eigenvalue weighted by Gasteiger charge is 2.13. The van der Waals surface area contributed by atoms with Gasteiger partial charge in [-0.1, -0.05) is 12.1 Å². The monoisotopic (exact) mass is 375 g/mol.